The zero-order chi connectivity index (χ0) is 23.9. The standard InChI is InChI=1S/C27H34NO5.HI/c1-16-12-23(30-6)18(3)17(2)21(16)9-8-20(29)14-22-25-19(10-11-28(22,4)5)13-24-26(27(25)31-7)33-15-32-24;/h8-9,12-13,22H,10-11,14-15H2,1-7H3;1H/q+1;/p-1/b9-8+;. The summed E-state index contributed by atoms with van der Waals surface area (Å²) < 4.78 is 23.3. The van der Waals surface area contributed by atoms with Gasteiger partial charge in [-0.2, -0.15) is 0 Å². The molecule has 2 aliphatic heterocycles. The molecule has 1 atom stereocenters. The Hall–Kier alpha value is -2.26. The number of benzene rings is 2. The Labute approximate surface area is 219 Å². The van der Waals surface area contributed by atoms with Gasteiger partial charge in [0.2, 0.25) is 12.5 Å². The van der Waals surface area contributed by atoms with Gasteiger partial charge in [0.25, 0.3) is 0 Å². The molecule has 0 aromatic heterocycles. The lowest BCUT2D eigenvalue weighted by Gasteiger charge is -2.43. The highest BCUT2D eigenvalue weighted by molar-refractivity contribution is 5.94. The SMILES string of the molecule is COc1cc(C)c(/C=C/C(=O)CC2c3c(cc4c(c3OC)OCO4)CC[N+]2(C)C)c(C)c1C.[I-]. The summed E-state index contributed by atoms with van der Waals surface area (Å²) in [7, 11) is 7.69. The number of fused-ring (bicyclic) bond motifs is 2. The van der Waals surface area contributed by atoms with Crippen LogP contribution in [0.5, 0.6) is 23.0 Å². The zero-order valence-corrected chi connectivity index (χ0v) is 23.2. The van der Waals surface area contributed by atoms with Crippen LogP contribution >= 0.6 is 0 Å². The lowest BCUT2D eigenvalue weighted by molar-refractivity contribution is -0.922. The largest absolute Gasteiger partial charge is 1.00 e. The molecule has 0 saturated carbocycles. The Kier molecular flexibility index (Phi) is 7.87. The number of halogens is 1. The third kappa shape index (κ3) is 4.64. The third-order valence-corrected chi connectivity index (χ3v) is 7.24. The van der Waals surface area contributed by atoms with Crippen LogP contribution in [0.25, 0.3) is 6.08 Å². The summed E-state index contributed by atoms with van der Waals surface area (Å²) >= 11 is 0. The first-order valence-corrected chi connectivity index (χ1v) is 11.4. The molecule has 0 radical (unpaired) electrons. The summed E-state index contributed by atoms with van der Waals surface area (Å²) in [5.41, 5.74) is 6.62. The van der Waals surface area contributed by atoms with Crippen molar-refractivity contribution in [3.63, 3.8) is 0 Å². The number of carbonyl (C=O) groups excluding carboxylic acids is 1. The van der Waals surface area contributed by atoms with E-state index in [0.717, 1.165) is 52.3 Å². The highest BCUT2D eigenvalue weighted by Gasteiger charge is 2.41. The molecule has 0 saturated heterocycles. The Morgan fingerprint density at radius 1 is 1.12 bits per heavy atom. The number of likely N-dealkylation sites (N-methyl/N-ethyl adjacent to an activating group) is 1. The molecular formula is C27H34INO5. The van der Waals surface area contributed by atoms with Crippen LogP contribution in [-0.4, -0.2) is 51.9 Å². The molecule has 0 aliphatic carbocycles. The highest BCUT2D eigenvalue weighted by Crippen LogP contribution is 2.51. The smallest absolute Gasteiger partial charge is 0.231 e. The molecule has 0 N–H and O–H groups in total. The maximum Gasteiger partial charge on any atom is 0.231 e. The van der Waals surface area contributed by atoms with E-state index in [4.69, 9.17) is 18.9 Å². The van der Waals surface area contributed by atoms with Gasteiger partial charge in [0.15, 0.2) is 17.3 Å². The van der Waals surface area contributed by atoms with Gasteiger partial charge in [0, 0.05) is 6.42 Å². The van der Waals surface area contributed by atoms with Crippen molar-refractivity contribution in [1.82, 2.24) is 0 Å². The first-order chi connectivity index (χ1) is 15.7. The van der Waals surface area contributed by atoms with E-state index in [9.17, 15) is 4.79 Å². The predicted octanol–water partition coefficient (Wildman–Crippen LogP) is 1.71. The minimum absolute atomic E-state index is 0. The third-order valence-electron chi connectivity index (χ3n) is 7.24. The molecule has 0 spiro atoms. The lowest BCUT2D eigenvalue weighted by atomic mass is 9.86. The van der Waals surface area contributed by atoms with Gasteiger partial charge in [-0.3, -0.25) is 4.79 Å². The molecule has 7 heteroatoms. The number of quaternary nitrogens is 1. The molecule has 2 aliphatic rings. The average Bonchev–Trinajstić information content (AvgIpc) is 3.25. The second kappa shape index (κ2) is 10.2. The second-order valence-electron chi connectivity index (χ2n) is 9.55. The number of ketones is 1. The number of aryl methyl sites for hydroxylation is 1. The molecule has 0 bridgehead atoms. The van der Waals surface area contributed by atoms with Gasteiger partial charge in [-0.1, -0.05) is 6.08 Å². The molecule has 2 aromatic rings. The molecule has 2 aromatic carbocycles. The highest BCUT2D eigenvalue weighted by atomic mass is 127. The first kappa shape index (κ1) is 26.3. The van der Waals surface area contributed by atoms with Crippen LogP contribution in [0.2, 0.25) is 0 Å². The summed E-state index contributed by atoms with van der Waals surface area (Å²) in [6.45, 7) is 7.29. The maximum absolute atomic E-state index is 13.2. The fraction of sp³-hybridized carbons (Fsp3) is 0.444. The molecule has 1 unspecified atom stereocenters. The van der Waals surface area contributed by atoms with Crippen LogP contribution in [0.15, 0.2) is 18.2 Å². The number of nitrogens with zero attached hydrogens (tertiary/aromatic N) is 1. The monoisotopic (exact) mass is 579 g/mol. The van der Waals surface area contributed by atoms with E-state index in [-0.39, 0.29) is 42.6 Å². The summed E-state index contributed by atoms with van der Waals surface area (Å²) in [6.07, 6.45) is 4.95. The molecule has 6 nitrogen and oxygen atoms in total. The van der Waals surface area contributed by atoms with Crippen molar-refractivity contribution in [1.29, 1.82) is 0 Å². The Morgan fingerprint density at radius 2 is 1.85 bits per heavy atom. The van der Waals surface area contributed by atoms with Crippen molar-refractivity contribution >= 4 is 11.9 Å². The minimum Gasteiger partial charge on any atom is -1.00 e. The second-order valence-corrected chi connectivity index (χ2v) is 9.55. The van der Waals surface area contributed by atoms with Crippen LogP contribution in [-0.2, 0) is 11.2 Å². The lowest BCUT2D eigenvalue weighted by Crippen LogP contribution is -3.00. The summed E-state index contributed by atoms with van der Waals surface area (Å²) in [6, 6.07) is 4.05. The maximum atomic E-state index is 13.2. The van der Waals surface area contributed by atoms with E-state index in [1.165, 1.54) is 5.56 Å². The fourth-order valence-electron chi connectivity index (χ4n) is 5.08. The number of rotatable bonds is 6. The Bertz CT molecular complexity index is 1140. The van der Waals surface area contributed by atoms with Gasteiger partial charge in [-0.05, 0) is 66.8 Å². The fourth-order valence-corrected chi connectivity index (χ4v) is 5.08. The summed E-state index contributed by atoms with van der Waals surface area (Å²) in [5, 5.41) is 0. The Morgan fingerprint density at radius 3 is 2.53 bits per heavy atom. The van der Waals surface area contributed by atoms with Crippen LogP contribution in [0.4, 0.5) is 0 Å². The van der Waals surface area contributed by atoms with Crippen LogP contribution in [0.1, 0.15) is 45.8 Å². The Balaban J connectivity index is 0.00000324. The van der Waals surface area contributed by atoms with Crippen LogP contribution in [0.3, 0.4) is 0 Å². The van der Waals surface area contributed by atoms with Crippen molar-refractivity contribution in [2.24, 2.45) is 0 Å². The van der Waals surface area contributed by atoms with Crippen molar-refractivity contribution in [2.45, 2.75) is 39.7 Å². The number of hydrogen-bond donors (Lipinski definition) is 0. The average molecular weight is 579 g/mol. The van der Waals surface area contributed by atoms with E-state index in [0.29, 0.717) is 22.4 Å². The first-order valence-electron chi connectivity index (χ1n) is 11.4. The number of ether oxygens (including phenoxy) is 4. The van der Waals surface area contributed by atoms with Gasteiger partial charge < -0.3 is 47.4 Å². The van der Waals surface area contributed by atoms with Gasteiger partial charge in [0.1, 0.15) is 11.8 Å². The molecule has 34 heavy (non-hydrogen) atoms. The number of allylic oxidation sites excluding steroid dienone is 1. The predicted molar refractivity (Wildman–Crippen MR) is 128 cm³/mol. The molecular weight excluding hydrogens is 545 g/mol. The van der Waals surface area contributed by atoms with Crippen molar-refractivity contribution in [2.75, 3.05) is 41.7 Å². The summed E-state index contributed by atoms with van der Waals surface area (Å²) in [4.78, 5) is 13.2. The van der Waals surface area contributed by atoms with Gasteiger partial charge in [-0.25, -0.2) is 0 Å². The van der Waals surface area contributed by atoms with E-state index < -0.39 is 0 Å². The normalized spacial score (nSPS) is 17.8. The number of hydrogen-bond acceptors (Lipinski definition) is 5. The molecule has 4 rings (SSSR count). The number of methoxy groups -OCH3 is 2. The quantitative estimate of drug-likeness (QED) is 0.297. The van der Waals surface area contributed by atoms with E-state index in [1.807, 2.05) is 26.0 Å². The van der Waals surface area contributed by atoms with Gasteiger partial charge >= 0.3 is 0 Å². The minimum atomic E-state index is -0.0323. The van der Waals surface area contributed by atoms with Gasteiger partial charge in [-0.15, -0.1) is 0 Å². The zero-order valence-electron chi connectivity index (χ0n) is 21.1. The molecule has 0 fully saturated rings. The topological polar surface area (TPSA) is 54.0 Å². The van der Waals surface area contributed by atoms with Crippen molar-refractivity contribution < 1.29 is 52.2 Å². The molecule has 2 heterocycles. The van der Waals surface area contributed by atoms with E-state index in [2.05, 4.69) is 27.1 Å². The van der Waals surface area contributed by atoms with Crippen LogP contribution < -0.4 is 42.9 Å². The van der Waals surface area contributed by atoms with E-state index in [1.54, 1.807) is 20.3 Å². The van der Waals surface area contributed by atoms with Crippen molar-refractivity contribution in [3.8, 4) is 23.0 Å². The van der Waals surface area contributed by atoms with Crippen molar-refractivity contribution in [3.05, 3.63) is 51.6 Å². The molecule has 0 amide bonds. The number of carbonyl (C=O) groups is 1. The molecule has 184 valence electrons. The summed E-state index contributed by atoms with van der Waals surface area (Å²) in [5.74, 6) is 3.03. The van der Waals surface area contributed by atoms with E-state index >= 15 is 0 Å². The van der Waals surface area contributed by atoms with Crippen LogP contribution in [0, 0.1) is 20.8 Å². The van der Waals surface area contributed by atoms with Gasteiger partial charge in [0.05, 0.1) is 46.8 Å².